The lowest BCUT2D eigenvalue weighted by Crippen LogP contribution is -2.39. The Hall–Kier alpha value is -1.17. The average molecular weight is 336 g/mol. The van der Waals surface area contributed by atoms with Crippen LogP contribution < -0.4 is 4.90 Å². The number of alkyl halides is 2. The van der Waals surface area contributed by atoms with Gasteiger partial charge >= 0.3 is 6.09 Å². The van der Waals surface area contributed by atoms with Gasteiger partial charge in [-0.15, -0.1) is 0 Å². The summed E-state index contributed by atoms with van der Waals surface area (Å²) in [5.74, 6) is 0. The molecule has 1 aromatic carbocycles. The van der Waals surface area contributed by atoms with E-state index < -0.39 is 24.7 Å². The van der Waals surface area contributed by atoms with Crippen LogP contribution in [0.3, 0.4) is 0 Å². The molecule has 19 heavy (non-hydrogen) atoms. The van der Waals surface area contributed by atoms with Crippen molar-refractivity contribution in [3.05, 3.63) is 28.7 Å². The molecule has 1 rings (SSSR count). The van der Waals surface area contributed by atoms with Crippen LogP contribution in [0.15, 0.2) is 28.7 Å². The van der Waals surface area contributed by atoms with Gasteiger partial charge in [-0.1, -0.05) is 22.0 Å². The van der Waals surface area contributed by atoms with Gasteiger partial charge in [-0.05, 0) is 39.0 Å². The van der Waals surface area contributed by atoms with Crippen molar-refractivity contribution in [3.8, 4) is 0 Å². The molecule has 0 fully saturated rings. The molecule has 0 aliphatic heterocycles. The van der Waals surface area contributed by atoms with Gasteiger partial charge in [0, 0.05) is 10.2 Å². The van der Waals surface area contributed by atoms with Crippen molar-refractivity contribution < 1.29 is 18.3 Å². The first-order chi connectivity index (χ1) is 8.69. The number of benzene rings is 1. The van der Waals surface area contributed by atoms with Gasteiger partial charge in [-0.3, -0.25) is 4.90 Å². The molecule has 1 aromatic rings. The second-order valence-electron chi connectivity index (χ2n) is 4.96. The van der Waals surface area contributed by atoms with Gasteiger partial charge in [0.05, 0.1) is 6.54 Å². The fourth-order valence-corrected chi connectivity index (χ4v) is 1.77. The van der Waals surface area contributed by atoms with Gasteiger partial charge in [0.15, 0.2) is 0 Å². The van der Waals surface area contributed by atoms with E-state index in [1.54, 1.807) is 45.0 Å². The summed E-state index contributed by atoms with van der Waals surface area (Å²) in [4.78, 5) is 12.9. The Bertz CT molecular complexity index is 447. The molecule has 1 amide bonds. The number of hydrogen-bond donors (Lipinski definition) is 0. The Morgan fingerprint density at radius 1 is 1.42 bits per heavy atom. The molecule has 0 bridgehead atoms. The lowest BCUT2D eigenvalue weighted by Gasteiger charge is -2.27. The highest BCUT2D eigenvalue weighted by Crippen LogP contribution is 2.23. The van der Waals surface area contributed by atoms with Gasteiger partial charge in [-0.25, -0.2) is 13.6 Å². The molecular formula is C13H16BrF2NO2. The number of rotatable bonds is 3. The standard InChI is InChI=1S/C13H16BrF2NO2/c1-13(2,3)19-12(18)17(8-11(15)16)10-6-4-5-9(14)7-10/h4-7,11H,8H2,1-3H3. The number of amides is 1. The first-order valence-electron chi connectivity index (χ1n) is 5.73. The van der Waals surface area contributed by atoms with Crippen molar-refractivity contribution in [3.63, 3.8) is 0 Å². The number of nitrogens with zero attached hydrogens (tertiary/aromatic N) is 1. The van der Waals surface area contributed by atoms with E-state index in [1.807, 2.05) is 0 Å². The van der Waals surface area contributed by atoms with Crippen LogP contribution in [0.1, 0.15) is 20.8 Å². The van der Waals surface area contributed by atoms with Crippen molar-refractivity contribution in [2.75, 3.05) is 11.4 Å². The SMILES string of the molecule is CC(C)(C)OC(=O)N(CC(F)F)c1cccc(Br)c1. The summed E-state index contributed by atoms with van der Waals surface area (Å²) in [7, 11) is 0. The summed E-state index contributed by atoms with van der Waals surface area (Å²) in [5, 5.41) is 0. The van der Waals surface area contributed by atoms with E-state index in [2.05, 4.69) is 15.9 Å². The lowest BCUT2D eigenvalue weighted by atomic mass is 10.2. The van der Waals surface area contributed by atoms with E-state index >= 15 is 0 Å². The Morgan fingerprint density at radius 3 is 2.53 bits per heavy atom. The predicted molar refractivity (Wildman–Crippen MR) is 73.7 cm³/mol. The summed E-state index contributed by atoms with van der Waals surface area (Å²) in [6.45, 7) is 4.36. The second kappa shape index (κ2) is 6.32. The first-order valence-corrected chi connectivity index (χ1v) is 6.52. The minimum absolute atomic E-state index is 0.365. The Labute approximate surface area is 119 Å². The first kappa shape index (κ1) is 15.9. The number of carbonyl (C=O) groups excluding carboxylic acids is 1. The van der Waals surface area contributed by atoms with Crippen LogP contribution in [0.25, 0.3) is 0 Å². The molecule has 0 radical (unpaired) electrons. The topological polar surface area (TPSA) is 29.5 Å². The summed E-state index contributed by atoms with van der Waals surface area (Å²) in [6.07, 6.45) is -3.42. The summed E-state index contributed by atoms with van der Waals surface area (Å²) >= 11 is 3.24. The monoisotopic (exact) mass is 335 g/mol. The average Bonchev–Trinajstić information content (AvgIpc) is 2.23. The Morgan fingerprint density at radius 2 is 2.05 bits per heavy atom. The molecule has 0 aliphatic carbocycles. The molecule has 3 nitrogen and oxygen atoms in total. The maximum Gasteiger partial charge on any atom is 0.414 e. The van der Waals surface area contributed by atoms with Crippen molar-refractivity contribution in [2.24, 2.45) is 0 Å². The molecule has 106 valence electrons. The van der Waals surface area contributed by atoms with Crippen molar-refractivity contribution in [1.29, 1.82) is 0 Å². The minimum Gasteiger partial charge on any atom is -0.443 e. The number of carbonyl (C=O) groups is 1. The molecular weight excluding hydrogens is 320 g/mol. The fourth-order valence-electron chi connectivity index (χ4n) is 1.38. The second-order valence-corrected chi connectivity index (χ2v) is 5.88. The van der Waals surface area contributed by atoms with Crippen molar-refractivity contribution in [2.45, 2.75) is 32.8 Å². The van der Waals surface area contributed by atoms with E-state index in [0.29, 0.717) is 10.2 Å². The molecule has 0 aliphatic rings. The largest absolute Gasteiger partial charge is 0.443 e. The molecule has 0 atom stereocenters. The zero-order chi connectivity index (χ0) is 14.6. The number of hydrogen-bond acceptors (Lipinski definition) is 2. The highest BCUT2D eigenvalue weighted by atomic mass is 79.9. The van der Waals surface area contributed by atoms with Gasteiger partial charge < -0.3 is 4.74 Å². The maximum atomic E-state index is 12.6. The van der Waals surface area contributed by atoms with E-state index in [-0.39, 0.29) is 0 Å². The van der Waals surface area contributed by atoms with Crippen LogP contribution in [0.4, 0.5) is 19.3 Å². The molecule has 0 saturated carbocycles. The van der Waals surface area contributed by atoms with Crippen LogP contribution >= 0.6 is 15.9 Å². The summed E-state index contributed by atoms with van der Waals surface area (Å²) in [6, 6.07) is 6.59. The van der Waals surface area contributed by atoms with Crippen LogP contribution in [-0.4, -0.2) is 24.7 Å². The third-order valence-corrected chi connectivity index (χ3v) is 2.55. The lowest BCUT2D eigenvalue weighted by molar-refractivity contribution is 0.0543. The number of ether oxygens (including phenoxy) is 1. The van der Waals surface area contributed by atoms with Crippen LogP contribution in [0, 0.1) is 0 Å². The third-order valence-electron chi connectivity index (χ3n) is 2.05. The zero-order valence-electron chi connectivity index (χ0n) is 11.0. The minimum atomic E-state index is -2.63. The predicted octanol–water partition coefficient (Wildman–Crippen LogP) is 4.46. The van der Waals surface area contributed by atoms with Gasteiger partial charge in [-0.2, -0.15) is 0 Å². The number of anilines is 1. The summed E-state index contributed by atoms with van der Waals surface area (Å²) in [5.41, 5.74) is -0.368. The van der Waals surface area contributed by atoms with E-state index in [9.17, 15) is 13.6 Å². The summed E-state index contributed by atoms with van der Waals surface area (Å²) < 4.78 is 31.0. The molecule has 0 saturated heterocycles. The van der Waals surface area contributed by atoms with E-state index in [1.165, 1.54) is 0 Å². The number of halogens is 3. The zero-order valence-corrected chi connectivity index (χ0v) is 12.6. The molecule has 0 aromatic heterocycles. The maximum absolute atomic E-state index is 12.6. The Balaban J connectivity index is 2.98. The smallest absolute Gasteiger partial charge is 0.414 e. The third kappa shape index (κ3) is 5.55. The molecule has 6 heteroatoms. The van der Waals surface area contributed by atoms with Crippen molar-refractivity contribution >= 4 is 27.7 Å². The highest BCUT2D eigenvalue weighted by Gasteiger charge is 2.25. The van der Waals surface area contributed by atoms with Gasteiger partial charge in [0.1, 0.15) is 5.60 Å². The van der Waals surface area contributed by atoms with E-state index in [0.717, 1.165) is 4.90 Å². The van der Waals surface area contributed by atoms with Crippen molar-refractivity contribution in [1.82, 2.24) is 0 Å². The van der Waals surface area contributed by atoms with Gasteiger partial charge in [0.2, 0.25) is 0 Å². The molecule has 0 unspecified atom stereocenters. The Kier molecular flexibility index (Phi) is 5.29. The molecule has 0 N–H and O–H groups in total. The van der Waals surface area contributed by atoms with Crippen LogP contribution in [0.2, 0.25) is 0 Å². The van der Waals surface area contributed by atoms with Crippen LogP contribution in [-0.2, 0) is 4.74 Å². The van der Waals surface area contributed by atoms with E-state index in [4.69, 9.17) is 4.74 Å². The molecule has 0 spiro atoms. The van der Waals surface area contributed by atoms with Gasteiger partial charge in [0.25, 0.3) is 6.43 Å². The highest BCUT2D eigenvalue weighted by molar-refractivity contribution is 9.10. The molecule has 0 heterocycles. The normalized spacial score (nSPS) is 11.5. The quantitative estimate of drug-likeness (QED) is 0.816. The fraction of sp³-hybridized carbons (Fsp3) is 0.462. The van der Waals surface area contributed by atoms with Crippen LogP contribution in [0.5, 0.6) is 0 Å².